The molecular formula is C25H22ClFN2O2S. The second-order valence-corrected chi connectivity index (χ2v) is 8.36. The number of hydrogen-bond acceptors (Lipinski definition) is 4. The topological polar surface area (TPSA) is 35.8 Å². The Hall–Kier alpha value is -3.09. The number of hydrogen-bond donors (Lipinski definition) is 0. The van der Waals surface area contributed by atoms with Crippen molar-refractivity contribution in [1.29, 1.82) is 0 Å². The van der Waals surface area contributed by atoms with Crippen LogP contribution in [0.1, 0.15) is 5.56 Å². The summed E-state index contributed by atoms with van der Waals surface area (Å²) in [6.45, 7) is 0.705. The molecule has 0 saturated heterocycles. The summed E-state index contributed by atoms with van der Waals surface area (Å²) in [7, 11) is 3.26. The van der Waals surface area contributed by atoms with E-state index in [4.69, 9.17) is 26.1 Å². The molecule has 164 valence electrons. The molecule has 0 fully saturated rings. The highest BCUT2D eigenvalue weighted by atomic mass is 35.5. The molecule has 32 heavy (non-hydrogen) atoms. The molecule has 0 N–H and O–H groups in total. The molecule has 0 aliphatic rings. The van der Waals surface area contributed by atoms with Crippen molar-refractivity contribution in [1.82, 2.24) is 4.57 Å². The second kappa shape index (κ2) is 10.0. The van der Waals surface area contributed by atoms with Crippen molar-refractivity contribution in [2.24, 2.45) is 4.99 Å². The molecule has 4 rings (SSSR count). The molecule has 4 aromatic rings. The van der Waals surface area contributed by atoms with Crippen LogP contribution in [-0.2, 0) is 13.0 Å². The summed E-state index contributed by atoms with van der Waals surface area (Å²) in [5.41, 5.74) is 3.93. The van der Waals surface area contributed by atoms with E-state index in [0.29, 0.717) is 28.8 Å². The van der Waals surface area contributed by atoms with E-state index >= 15 is 0 Å². The molecule has 0 radical (unpaired) electrons. The summed E-state index contributed by atoms with van der Waals surface area (Å²) in [6.07, 6.45) is 0.772. The Kier molecular flexibility index (Phi) is 6.93. The van der Waals surface area contributed by atoms with E-state index in [0.717, 1.165) is 28.0 Å². The fourth-order valence-corrected chi connectivity index (χ4v) is 4.47. The lowest BCUT2D eigenvalue weighted by Gasteiger charge is -2.12. The Morgan fingerprint density at radius 3 is 2.34 bits per heavy atom. The number of nitrogens with zero attached hydrogens (tertiary/aromatic N) is 2. The van der Waals surface area contributed by atoms with E-state index in [9.17, 15) is 4.39 Å². The highest BCUT2D eigenvalue weighted by Crippen LogP contribution is 2.28. The third-order valence-corrected chi connectivity index (χ3v) is 6.18. The van der Waals surface area contributed by atoms with E-state index in [1.807, 2.05) is 42.5 Å². The maximum atomic E-state index is 13.3. The van der Waals surface area contributed by atoms with Gasteiger partial charge >= 0.3 is 0 Å². The lowest BCUT2D eigenvalue weighted by Crippen LogP contribution is -2.17. The van der Waals surface area contributed by atoms with Crippen LogP contribution in [0.25, 0.3) is 11.3 Å². The second-order valence-electron chi connectivity index (χ2n) is 7.09. The molecule has 3 aromatic carbocycles. The minimum atomic E-state index is -0.279. The van der Waals surface area contributed by atoms with Crippen LogP contribution in [0.4, 0.5) is 10.1 Å². The quantitative estimate of drug-likeness (QED) is 0.310. The van der Waals surface area contributed by atoms with Crippen LogP contribution in [0.3, 0.4) is 0 Å². The van der Waals surface area contributed by atoms with Gasteiger partial charge in [0.15, 0.2) is 16.3 Å². The zero-order valence-electron chi connectivity index (χ0n) is 17.7. The fourth-order valence-electron chi connectivity index (χ4n) is 3.39. The van der Waals surface area contributed by atoms with E-state index < -0.39 is 0 Å². The Labute approximate surface area is 195 Å². The SMILES string of the molecule is COc1ccc(CCn2c(-c3ccc(Cl)cc3)csc2=Nc2ccc(F)cc2)cc1OC. The summed E-state index contributed by atoms with van der Waals surface area (Å²) in [5, 5.41) is 2.78. The molecule has 4 nitrogen and oxygen atoms in total. The molecule has 0 atom stereocenters. The van der Waals surface area contributed by atoms with Gasteiger partial charge in [-0.3, -0.25) is 0 Å². The Morgan fingerprint density at radius 2 is 1.66 bits per heavy atom. The Balaban J connectivity index is 1.71. The fraction of sp³-hybridized carbons (Fsp3) is 0.160. The number of rotatable bonds is 7. The molecule has 0 spiro atoms. The van der Waals surface area contributed by atoms with Gasteiger partial charge in [0.05, 0.1) is 25.6 Å². The van der Waals surface area contributed by atoms with Gasteiger partial charge in [0, 0.05) is 16.9 Å². The number of methoxy groups -OCH3 is 2. The van der Waals surface area contributed by atoms with E-state index in [1.54, 1.807) is 37.7 Å². The molecule has 1 aromatic heterocycles. The first kappa shape index (κ1) is 22.1. The van der Waals surface area contributed by atoms with Gasteiger partial charge in [-0.1, -0.05) is 29.8 Å². The van der Waals surface area contributed by atoms with Crippen LogP contribution in [0.5, 0.6) is 11.5 Å². The summed E-state index contributed by atoms with van der Waals surface area (Å²) in [4.78, 5) is 5.60. The minimum absolute atomic E-state index is 0.279. The zero-order valence-corrected chi connectivity index (χ0v) is 19.3. The van der Waals surface area contributed by atoms with Gasteiger partial charge in [-0.25, -0.2) is 9.38 Å². The Bertz CT molecular complexity index is 1260. The van der Waals surface area contributed by atoms with Gasteiger partial charge in [-0.2, -0.15) is 0 Å². The number of thiazole rings is 1. The first-order valence-corrected chi connectivity index (χ1v) is 11.3. The number of ether oxygens (including phenoxy) is 2. The molecule has 0 bridgehead atoms. The van der Waals surface area contributed by atoms with E-state index in [2.05, 4.69) is 9.95 Å². The lowest BCUT2D eigenvalue weighted by molar-refractivity contribution is 0.354. The molecule has 0 aliphatic heterocycles. The lowest BCUT2D eigenvalue weighted by atomic mass is 10.1. The third kappa shape index (κ3) is 5.03. The van der Waals surface area contributed by atoms with Crippen molar-refractivity contribution in [2.75, 3.05) is 14.2 Å². The normalized spacial score (nSPS) is 11.6. The Morgan fingerprint density at radius 1 is 0.938 bits per heavy atom. The van der Waals surface area contributed by atoms with Crippen molar-refractivity contribution in [3.8, 4) is 22.8 Å². The van der Waals surface area contributed by atoms with Gasteiger partial charge in [-0.05, 0) is 66.1 Å². The molecule has 0 amide bonds. The summed E-state index contributed by atoms with van der Waals surface area (Å²) in [6, 6.07) is 19.9. The van der Waals surface area contributed by atoms with E-state index in [1.165, 1.54) is 12.1 Å². The number of benzene rings is 3. The summed E-state index contributed by atoms with van der Waals surface area (Å²) in [5.74, 6) is 1.13. The van der Waals surface area contributed by atoms with Crippen LogP contribution in [0, 0.1) is 5.82 Å². The first-order valence-electron chi connectivity index (χ1n) is 10.0. The molecule has 1 heterocycles. The average molecular weight is 469 g/mol. The van der Waals surface area contributed by atoms with Crippen molar-refractivity contribution in [3.05, 3.63) is 93.3 Å². The maximum Gasteiger partial charge on any atom is 0.190 e. The van der Waals surface area contributed by atoms with Gasteiger partial charge in [0.2, 0.25) is 0 Å². The largest absolute Gasteiger partial charge is 0.493 e. The molecule has 0 aliphatic carbocycles. The van der Waals surface area contributed by atoms with Gasteiger partial charge in [0.25, 0.3) is 0 Å². The highest BCUT2D eigenvalue weighted by Gasteiger charge is 2.10. The van der Waals surface area contributed by atoms with Crippen LogP contribution in [-0.4, -0.2) is 18.8 Å². The predicted octanol–water partition coefficient (Wildman–Crippen LogP) is 6.50. The smallest absolute Gasteiger partial charge is 0.190 e. The van der Waals surface area contributed by atoms with Crippen LogP contribution in [0.15, 0.2) is 77.1 Å². The van der Waals surface area contributed by atoms with Gasteiger partial charge in [-0.15, -0.1) is 11.3 Å². The number of aromatic nitrogens is 1. The minimum Gasteiger partial charge on any atom is -0.493 e. The van der Waals surface area contributed by atoms with Gasteiger partial charge < -0.3 is 14.0 Å². The van der Waals surface area contributed by atoms with Crippen molar-refractivity contribution >= 4 is 28.6 Å². The summed E-state index contributed by atoms with van der Waals surface area (Å²) < 4.78 is 26.3. The average Bonchev–Trinajstić information content (AvgIpc) is 3.21. The number of aryl methyl sites for hydroxylation is 1. The molecule has 0 unspecified atom stereocenters. The standard InChI is InChI=1S/C25H22ClFN2O2S/c1-30-23-12-3-17(15-24(23)31-2)13-14-29-22(18-4-6-19(26)7-5-18)16-32-25(29)28-21-10-8-20(27)9-11-21/h3-12,15-16H,13-14H2,1-2H3. The predicted molar refractivity (Wildman–Crippen MR) is 128 cm³/mol. The molecule has 0 saturated carbocycles. The van der Waals surface area contributed by atoms with Crippen molar-refractivity contribution in [3.63, 3.8) is 0 Å². The highest BCUT2D eigenvalue weighted by molar-refractivity contribution is 7.07. The van der Waals surface area contributed by atoms with Crippen LogP contribution in [0.2, 0.25) is 5.02 Å². The monoisotopic (exact) mass is 468 g/mol. The van der Waals surface area contributed by atoms with Crippen molar-refractivity contribution < 1.29 is 13.9 Å². The molecule has 7 heteroatoms. The maximum absolute atomic E-state index is 13.3. The zero-order chi connectivity index (χ0) is 22.5. The number of halogens is 2. The van der Waals surface area contributed by atoms with Gasteiger partial charge in [0.1, 0.15) is 5.82 Å². The summed E-state index contributed by atoms with van der Waals surface area (Å²) >= 11 is 7.63. The van der Waals surface area contributed by atoms with Crippen molar-refractivity contribution in [2.45, 2.75) is 13.0 Å². The first-order chi connectivity index (χ1) is 15.6. The van der Waals surface area contributed by atoms with E-state index in [-0.39, 0.29) is 5.82 Å². The molecular weight excluding hydrogens is 447 g/mol. The third-order valence-electron chi connectivity index (χ3n) is 5.06. The van der Waals surface area contributed by atoms with Crippen LogP contribution >= 0.6 is 22.9 Å². The van der Waals surface area contributed by atoms with Crippen LogP contribution < -0.4 is 14.3 Å².